The summed E-state index contributed by atoms with van der Waals surface area (Å²) in [6.07, 6.45) is 1.77. The standard InChI is InChI=1S/C25H17Cl4IN2O3S/c1-2-34-20-10-14(9-18(30)23(20)35-12-13-6-7-15(26)17(28)8-13)11-21-24(33)32-25(36-21)31-19-5-3-4-16(27)22(19)29/h3-11H,2,12H2,1H3,(H,31,32,33)/b21-11+. The van der Waals surface area contributed by atoms with Gasteiger partial charge in [0.1, 0.15) is 6.61 Å². The summed E-state index contributed by atoms with van der Waals surface area (Å²) in [7, 11) is 0. The number of halogens is 5. The van der Waals surface area contributed by atoms with Gasteiger partial charge in [-0.25, -0.2) is 4.99 Å². The summed E-state index contributed by atoms with van der Waals surface area (Å²) in [5, 5.41) is 4.84. The van der Waals surface area contributed by atoms with E-state index in [-0.39, 0.29) is 12.5 Å². The van der Waals surface area contributed by atoms with Crippen molar-refractivity contribution in [1.82, 2.24) is 5.32 Å². The second kappa shape index (κ2) is 12.3. The molecule has 186 valence electrons. The highest BCUT2D eigenvalue weighted by molar-refractivity contribution is 14.1. The number of thioether (sulfide) groups is 1. The number of benzene rings is 3. The molecule has 1 aliphatic rings. The highest BCUT2D eigenvalue weighted by Gasteiger charge is 2.25. The summed E-state index contributed by atoms with van der Waals surface area (Å²) < 4.78 is 12.7. The van der Waals surface area contributed by atoms with Crippen LogP contribution < -0.4 is 14.8 Å². The Bertz CT molecular complexity index is 1400. The Morgan fingerprint density at radius 1 is 1.03 bits per heavy atom. The van der Waals surface area contributed by atoms with Crippen LogP contribution in [-0.4, -0.2) is 17.7 Å². The lowest BCUT2D eigenvalue weighted by Gasteiger charge is -2.15. The lowest BCUT2D eigenvalue weighted by molar-refractivity contribution is -0.115. The zero-order chi connectivity index (χ0) is 25.8. The number of hydrogen-bond donors (Lipinski definition) is 1. The van der Waals surface area contributed by atoms with Crippen LogP contribution in [0.3, 0.4) is 0 Å². The number of nitrogens with zero attached hydrogens (tertiary/aromatic N) is 1. The van der Waals surface area contributed by atoms with E-state index in [1.807, 2.05) is 25.1 Å². The minimum Gasteiger partial charge on any atom is -0.490 e. The van der Waals surface area contributed by atoms with Crippen molar-refractivity contribution < 1.29 is 14.3 Å². The van der Waals surface area contributed by atoms with Crippen LogP contribution in [-0.2, 0) is 11.4 Å². The molecule has 0 radical (unpaired) electrons. The molecular weight excluding hydrogens is 677 g/mol. The summed E-state index contributed by atoms with van der Waals surface area (Å²) in [4.78, 5) is 17.5. The number of carbonyl (C=O) groups excluding carboxylic acids is 1. The monoisotopic (exact) mass is 692 g/mol. The van der Waals surface area contributed by atoms with Gasteiger partial charge in [-0.2, -0.15) is 0 Å². The van der Waals surface area contributed by atoms with Gasteiger partial charge in [-0.3, -0.25) is 4.79 Å². The van der Waals surface area contributed by atoms with Gasteiger partial charge in [0.15, 0.2) is 16.7 Å². The van der Waals surface area contributed by atoms with Crippen LogP contribution in [0.2, 0.25) is 20.1 Å². The Balaban J connectivity index is 1.57. The fourth-order valence-corrected chi connectivity index (χ4v) is 5.45. The van der Waals surface area contributed by atoms with Crippen LogP contribution in [0.5, 0.6) is 11.5 Å². The number of nitrogens with one attached hydrogen (secondary N) is 1. The lowest BCUT2D eigenvalue weighted by atomic mass is 10.1. The summed E-state index contributed by atoms with van der Waals surface area (Å²) in [5.74, 6) is 0.913. The molecule has 0 aromatic heterocycles. The Morgan fingerprint density at radius 2 is 1.83 bits per heavy atom. The van der Waals surface area contributed by atoms with Gasteiger partial charge in [-0.1, -0.05) is 58.5 Å². The molecule has 0 saturated carbocycles. The van der Waals surface area contributed by atoms with Crippen LogP contribution in [0.1, 0.15) is 18.1 Å². The molecule has 1 heterocycles. The number of aliphatic imine (C=N–C) groups is 1. The molecule has 11 heteroatoms. The van der Waals surface area contributed by atoms with Crippen molar-refractivity contribution >= 4 is 104 Å². The molecule has 3 aromatic carbocycles. The molecule has 36 heavy (non-hydrogen) atoms. The Hall–Kier alpha value is -1.62. The maximum absolute atomic E-state index is 12.6. The van der Waals surface area contributed by atoms with Crippen molar-refractivity contribution in [2.24, 2.45) is 4.99 Å². The first-order valence-corrected chi connectivity index (χ1v) is 13.9. The van der Waals surface area contributed by atoms with E-state index in [0.717, 1.165) is 14.7 Å². The average molecular weight is 694 g/mol. The van der Waals surface area contributed by atoms with Crippen molar-refractivity contribution in [1.29, 1.82) is 0 Å². The minimum absolute atomic E-state index is 0.259. The highest BCUT2D eigenvalue weighted by Crippen LogP contribution is 2.38. The Morgan fingerprint density at radius 3 is 2.58 bits per heavy atom. The normalized spacial score (nSPS) is 15.4. The second-order valence-corrected chi connectivity index (χ2v) is 11.1. The first-order chi connectivity index (χ1) is 17.2. The maximum atomic E-state index is 12.6. The van der Waals surface area contributed by atoms with E-state index in [1.165, 1.54) is 11.8 Å². The summed E-state index contributed by atoms with van der Waals surface area (Å²) in [6.45, 7) is 2.63. The molecule has 4 rings (SSSR count). The van der Waals surface area contributed by atoms with Gasteiger partial charge in [0, 0.05) is 0 Å². The first-order valence-electron chi connectivity index (χ1n) is 10.5. The fraction of sp³-hybridized carbons (Fsp3) is 0.120. The zero-order valence-electron chi connectivity index (χ0n) is 18.6. The summed E-state index contributed by atoms with van der Waals surface area (Å²) in [6, 6.07) is 14.2. The summed E-state index contributed by atoms with van der Waals surface area (Å²) >= 11 is 27.8. The van der Waals surface area contributed by atoms with Crippen molar-refractivity contribution in [3.8, 4) is 11.5 Å². The number of ether oxygens (including phenoxy) is 2. The molecule has 1 amide bonds. The van der Waals surface area contributed by atoms with E-state index in [1.54, 1.807) is 36.4 Å². The van der Waals surface area contributed by atoms with Crippen LogP contribution >= 0.6 is 80.8 Å². The maximum Gasteiger partial charge on any atom is 0.264 e. The number of carbonyl (C=O) groups is 1. The van der Waals surface area contributed by atoms with Crippen molar-refractivity contribution in [2.75, 3.05) is 6.61 Å². The van der Waals surface area contributed by atoms with Crippen LogP contribution in [0, 0.1) is 3.57 Å². The van der Waals surface area contributed by atoms with E-state index in [0.29, 0.717) is 54.0 Å². The molecule has 0 bridgehead atoms. The SMILES string of the molecule is CCOc1cc(/C=C2/SC(=Nc3cccc(Cl)c3Cl)NC2=O)cc(I)c1OCc1ccc(Cl)c(Cl)c1. The minimum atomic E-state index is -0.259. The Labute approximate surface area is 246 Å². The average Bonchev–Trinajstić information content (AvgIpc) is 3.17. The molecule has 0 aliphatic carbocycles. The highest BCUT2D eigenvalue weighted by atomic mass is 127. The molecule has 3 aromatic rings. The van der Waals surface area contributed by atoms with E-state index >= 15 is 0 Å². The molecule has 0 unspecified atom stereocenters. The molecule has 1 fully saturated rings. The largest absolute Gasteiger partial charge is 0.490 e. The number of rotatable bonds is 7. The van der Waals surface area contributed by atoms with E-state index in [2.05, 4.69) is 32.9 Å². The molecule has 0 spiro atoms. The number of amidine groups is 1. The molecule has 1 N–H and O–H groups in total. The zero-order valence-corrected chi connectivity index (χ0v) is 24.6. The predicted octanol–water partition coefficient (Wildman–Crippen LogP) is 8.77. The van der Waals surface area contributed by atoms with E-state index < -0.39 is 0 Å². The van der Waals surface area contributed by atoms with Gasteiger partial charge in [0.05, 0.1) is 40.9 Å². The van der Waals surface area contributed by atoms with Crippen molar-refractivity contribution in [3.63, 3.8) is 0 Å². The van der Waals surface area contributed by atoms with Gasteiger partial charge in [0.25, 0.3) is 5.91 Å². The van der Waals surface area contributed by atoms with Crippen LogP contribution in [0.15, 0.2) is 58.4 Å². The third-order valence-corrected chi connectivity index (χ3v) is 8.06. The molecule has 0 atom stereocenters. The van der Waals surface area contributed by atoms with E-state index in [9.17, 15) is 4.79 Å². The predicted molar refractivity (Wildman–Crippen MR) is 158 cm³/mol. The molecular formula is C25H17Cl4IN2O3S. The Kier molecular flexibility index (Phi) is 9.35. The van der Waals surface area contributed by atoms with Crippen molar-refractivity contribution in [2.45, 2.75) is 13.5 Å². The molecule has 1 saturated heterocycles. The lowest BCUT2D eigenvalue weighted by Crippen LogP contribution is -2.19. The molecule has 1 aliphatic heterocycles. The summed E-state index contributed by atoms with van der Waals surface area (Å²) in [5.41, 5.74) is 2.13. The number of amides is 1. The quantitative estimate of drug-likeness (QED) is 0.199. The topological polar surface area (TPSA) is 59.9 Å². The van der Waals surface area contributed by atoms with E-state index in [4.69, 9.17) is 55.9 Å². The van der Waals surface area contributed by atoms with Crippen molar-refractivity contribution in [3.05, 3.63) is 88.2 Å². The second-order valence-electron chi connectivity index (χ2n) is 7.35. The molecule has 5 nitrogen and oxygen atoms in total. The number of hydrogen-bond acceptors (Lipinski definition) is 5. The fourth-order valence-electron chi connectivity index (χ4n) is 3.18. The van der Waals surface area contributed by atoms with Gasteiger partial charge in [0.2, 0.25) is 0 Å². The van der Waals surface area contributed by atoms with Gasteiger partial charge in [-0.15, -0.1) is 0 Å². The van der Waals surface area contributed by atoms with Gasteiger partial charge >= 0.3 is 0 Å². The smallest absolute Gasteiger partial charge is 0.264 e. The third kappa shape index (κ3) is 6.62. The van der Waals surface area contributed by atoms with Crippen LogP contribution in [0.25, 0.3) is 6.08 Å². The van der Waals surface area contributed by atoms with Gasteiger partial charge in [-0.05, 0) is 94.9 Å². The van der Waals surface area contributed by atoms with Crippen LogP contribution in [0.4, 0.5) is 5.69 Å². The third-order valence-electron chi connectivity index (χ3n) is 4.80. The van der Waals surface area contributed by atoms with Gasteiger partial charge < -0.3 is 14.8 Å². The first kappa shape index (κ1) is 27.4.